The molecule has 0 aliphatic rings. The third-order valence-corrected chi connectivity index (χ3v) is 4.43. The van der Waals surface area contributed by atoms with Crippen LogP contribution in [0.5, 0.6) is 0 Å². The van der Waals surface area contributed by atoms with E-state index in [4.69, 9.17) is 11.6 Å². The van der Waals surface area contributed by atoms with E-state index in [1.807, 2.05) is 26.2 Å². The van der Waals surface area contributed by atoms with Gasteiger partial charge in [-0.25, -0.2) is 15.0 Å². The van der Waals surface area contributed by atoms with Gasteiger partial charge >= 0.3 is 0 Å². The zero-order valence-corrected chi connectivity index (χ0v) is 11.5. The van der Waals surface area contributed by atoms with Crippen molar-refractivity contribution in [1.82, 2.24) is 15.0 Å². The Labute approximate surface area is 107 Å². The van der Waals surface area contributed by atoms with Gasteiger partial charge in [-0.05, 0) is 32.5 Å². The van der Waals surface area contributed by atoms with Gasteiger partial charge in [0.15, 0.2) is 9.49 Å². The molecule has 0 aliphatic carbocycles. The molecule has 2 rings (SSSR count). The standard InChI is InChI=1S/C10H10ClN3S2/c1-5-4-15-10(12-5)16-9-8(11)13-6(2)7(3)14-9/h4H,1-3H3. The van der Waals surface area contributed by atoms with Crippen LogP contribution >= 0.6 is 34.7 Å². The minimum absolute atomic E-state index is 0.445. The van der Waals surface area contributed by atoms with E-state index < -0.39 is 0 Å². The lowest BCUT2D eigenvalue weighted by molar-refractivity contribution is 0.956. The highest BCUT2D eigenvalue weighted by Gasteiger charge is 2.10. The molecule has 0 saturated heterocycles. The Morgan fingerprint density at radius 3 is 2.44 bits per heavy atom. The van der Waals surface area contributed by atoms with Crippen molar-refractivity contribution >= 4 is 34.7 Å². The van der Waals surface area contributed by atoms with Crippen molar-refractivity contribution in [3.8, 4) is 0 Å². The molecule has 0 unspecified atom stereocenters. The fourth-order valence-electron chi connectivity index (χ4n) is 1.08. The summed E-state index contributed by atoms with van der Waals surface area (Å²) in [7, 11) is 0. The lowest BCUT2D eigenvalue weighted by Gasteiger charge is -2.03. The van der Waals surface area contributed by atoms with E-state index in [-0.39, 0.29) is 0 Å². The van der Waals surface area contributed by atoms with Gasteiger partial charge in [-0.2, -0.15) is 0 Å². The molecule has 2 aromatic heterocycles. The van der Waals surface area contributed by atoms with Gasteiger partial charge in [0.05, 0.1) is 11.4 Å². The highest BCUT2D eigenvalue weighted by Crippen LogP contribution is 2.32. The van der Waals surface area contributed by atoms with Crippen LogP contribution in [0.25, 0.3) is 0 Å². The van der Waals surface area contributed by atoms with Gasteiger partial charge in [0.1, 0.15) is 5.03 Å². The minimum atomic E-state index is 0.445. The highest BCUT2D eigenvalue weighted by molar-refractivity contribution is 8.01. The van der Waals surface area contributed by atoms with E-state index in [1.54, 1.807) is 11.3 Å². The lowest BCUT2D eigenvalue weighted by atomic mass is 10.4. The van der Waals surface area contributed by atoms with E-state index in [0.29, 0.717) is 5.15 Å². The summed E-state index contributed by atoms with van der Waals surface area (Å²) in [6, 6.07) is 0. The smallest absolute Gasteiger partial charge is 0.161 e. The topological polar surface area (TPSA) is 38.7 Å². The molecule has 0 saturated carbocycles. The maximum atomic E-state index is 6.04. The zero-order chi connectivity index (χ0) is 11.7. The fraction of sp³-hybridized carbons (Fsp3) is 0.300. The molecule has 16 heavy (non-hydrogen) atoms. The first-order valence-electron chi connectivity index (χ1n) is 4.67. The van der Waals surface area contributed by atoms with Crippen molar-refractivity contribution in [1.29, 1.82) is 0 Å². The fourth-order valence-corrected chi connectivity index (χ4v) is 3.13. The summed E-state index contributed by atoms with van der Waals surface area (Å²) in [5.41, 5.74) is 2.78. The minimum Gasteiger partial charge on any atom is -0.241 e. The molecule has 0 atom stereocenters. The first-order valence-corrected chi connectivity index (χ1v) is 6.74. The van der Waals surface area contributed by atoms with E-state index >= 15 is 0 Å². The summed E-state index contributed by atoms with van der Waals surface area (Å²) in [5.74, 6) is 0. The van der Waals surface area contributed by atoms with Crippen molar-refractivity contribution in [3.05, 3.63) is 27.6 Å². The highest BCUT2D eigenvalue weighted by atomic mass is 35.5. The van der Waals surface area contributed by atoms with Crippen LogP contribution in [0.15, 0.2) is 14.7 Å². The molecular weight excluding hydrogens is 262 g/mol. The van der Waals surface area contributed by atoms with Crippen LogP contribution in [0.3, 0.4) is 0 Å². The Morgan fingerprint density at radius 2 is 1.81 bits per heavy atom. The van der Waals surface area contributed by atoms with Gasteiger partial charge in [-0.1, -0.05) is 11.6 Å². The first-order chi connectivity index (χ1) is 7.56. The van der Waals surface area contributed by atoms with Crippen LogP contribution in [0, 0.1) is 20.8 Å². The van der Waals surface area contributed by atoms with Crippen LogP contribution in [-0.4, -0.2) is 15.0 Å². The largest absolute Gasteiger partial charge is 0.241 e. The van der Waals surface area contributed by atoms with Gasteiger partial charge in [-0.15, -0.1) is 11.3 Å². The second-order valence-corrected chi connectivity index (χ2v) is 5.80. The summed E-state index contributed by atoms with van der Waals surface area (Å²) in [6.45, 7) is 5.79. The molecule has 0 aromatic carbocycles. The van der Waals surface area contributed by atoms with Crippen LogP contribution in [0.4, 0.5) is 0 Å². The molecule has 0 aliphatic heterocycles. The molecule has 2 aromatic rings. The van der Waals surface area contributed by atoms with Crippen molar-refractivity contribution in [2.45, 2.75) is 30.1 Å². The molecule has 2 heterocycles. The second kappa shape index (κ2) is 4.69. The number of aromatic nitrogens is 3. The number of halogens is 1. The number of aryl methyl sites for hydroxylation is 3. The molecular formula is C10H10ClN3S2. The average molecular weight is 272 g/mol. The Morgan fingerprint density at radius 1 is 1.12 bits per heavy atom. The summed E-state index contributed by atoms with van der Waals surface area (Å²) in [5, 5.41) is 3.17. The van der Waals surface area contributed by atoms with Gasteiger partial charge in [0, 0.05) is 11.1 Å². The molecule has 0 N–H and O–H groups in total. The van der Waals surface area contributed by atoms with Gasteiger partial charge < -0.3 is 0 Å². The van der Waals surface area contributed by atoms with Crippen molar-refractivity contribution in [2.24, 2.45) is 0 Å². The molecule has 0 bridgehead atoms. The van der Waals surface area contributed by atoms with Crippen LogP contribution in [0.1, 0.15) is 17.1 Å². The number of hydrogen-bond acceptors (Lipinski definition) is 5. The normalized spacial score (nSPS) is 10.8. The number of rotatable bonds is 2. The average Bonchev–Trinajstić information content (AvgIpc) is 2.60. The Hall–Kier alpha value is -0.650. The second-order valence-electron chi connectivity index (χ2n) is 3.35. The molecule has 0 spiro atoms. The van der Waals surface area contributed by atoms with Crippen LogP contribution in [-0.2, 0) is 0 Å². The van der Waals surface area contributed by atoms with Crippen molar-refractivity contribution < 1.29 is 0 Å². The summed E-state index contributed by atoms with van der Waals surface area (Å²) in [4.78, 5) is 13.0. The molecule has 6 heteroatoms. The molecule has 84 valence electrons. The quantitative estimate of drug-likeness (QED) is 0.836. The predicted molar refractivity (Wildman–Crippen MR) is 67.5 cm³/mol. The SMILES string of the molecule is Cc1csc(Sc2nc(C)c(C)nc2Cl)n1. The van der Waals surface area contributed by atoms with Crippen molar-refractivity contribution in [2.75, 3.05) is 0 Å². The monoisotopic (exact) mass is 271 g/mol. The number of thiazole rings is 1. The third-order valence-electron chi connectivity index (χ3n) is 2.02. The first kappa shape index (κ1) is 11.8. The van der Waals surface area contributed by atoms with E-state index in [1.165, 1.54) is 11.8 Å². The van der Waals surface area contributed by atoms with E-state index in [2.05, 4.69) is 15.0 Å². The number of nitrogens with zero attached hydrogens (tertiary/aromatic N) is 3. The Bertz CT molecular complexity index is 525. The van der Waals surface area contributed by atoms with Gasteiger partial charge in [-0.3, -0.25) is 0 Å². The van der Waals surface area contributed by atoms with Crippen LogP contribution < -0.4 is 0 Å². The lowest BCUT2D eigenvalue weighted by Crippen LogP contribution is -1.94. The molecule has 0 fully saturated rings. The van der Waals surface area contributed by atoms with E-state index in [0.717, 1.165) is 26.4 Å². The zero-order valence-electron chi connectivity index (χ0n) is 9.11. The predicted octanol–water partition coefficient (Wildman–Crippen LogP) is 3.66. The summed E-state index contributed by atoms with van der Waals surface area (Å²) < 4.78 is 0.942. The van der Waals surface area contributed by atoms with Gasteiger partial charge in [0.25, 0.3) is 0 Å². The maximum Gasteiger partial charge on any atom is 0.161 e. The number of hydrogen-bond donors (Lipinski definition) is 0. The summed E-state index contributed by atoms with van der Waals surface area (Å²) >= 11 is 9.09. The Balaban J connectivity index is 2.31. The maximum absolute atomic E-state index is 6.04. The molecule has 0 radical (unpaired) electrons. The van der Waals surface area contributed by atoms with Crippen molar-refractivity contribution in [3.63, 3.8) is 0 Å². The molecule has 3 nitrogen and oxygen atoms in total. The molecule has 0 amide bonds. The summed E-state index contributed by atoms with van der Waals surface area (Å²) in [6.07, 6.45) is 0. The van der Waals surface area contributed by atoms with Crippen LogP contribution in [0.2, 0.25) is 5.15 Å². The Kier molecular flexibility index (Phi) is 3.47. The van der Waals surface area contributed by atoms with Gasteiger partial charge in [0.2, 0.25) is 0 Å². The van der Waals surface area contributed by atoms with E-state index in [9.17, 15) is 0 Å². The third kappa shape index (κ3) is 2.53.